The molecule has 0 spiro atoms. The van der Waals surface area contributed by atoms with Gasteiger partial charge in [0.05, 0.1) is 0 Å². The summed E-state index contributed by atoms with van der Waals surface area (Å²) in [5.74, 6) is 0.0571. The predicted octanol–water partition coefficient (Wildman–Crippen LogP) is 0.785. The minimum Gasteiger partial charge on any atom is -0.290 e. The standard InChI is InChI=1S/C8H6O2/c9-7-3-4-8(10)6-2-1-5(6)7/h3-4H,1-2H2. The average Bonchev–Trinajstić information content (AvgIpc) is 1.78. The van der Waals surface area contributed by atoms with E-state index in [0.29, 0.717) is 0 Å². The fraction of sp³-hybridized carbons (Fsp3) is 0.250. The van der Waals surface area contributed by atoms with Crippen molar-refractivity contribution in [2.24, 2.45) is 0 Å². The molecule has 0 bridgehead atoms. The first-order valence-electron chi connectivity index (χ1n) is 3.28. The zero-order valence-electron chi connectivity index (χ0n) is 5.39. The second-order valence-corrected chi connectivity index (χ2v) is 2.52. The molecule has 50 valence electrons. The van der Waals surface area contributed by atoms with Crippen LogP contribution in [0, 0.1) is 0 Å². The Morgan fingerprint density at radius 2 is 1.30 bits per heavy atom. The highest BCUT2D eigenvalue weighted by atomic mass is 16.1. The molecule has 0 aromatic rings. The molecule has 2 aliphatic rings. The molecule has 0 unspecified atom stereocenters. The maximum atomic E-state index is 10.9. The second kappa shape index (κ2) is 1.66. The van der Waals surface area contributed by atoms with Crippen LogP contribution in [-0.4, -0.2) is 11.6 Å². The van der Waals surface area contributed by atoms with Crippen LogP contribution in [0.4, 0.5) is 0 Å². The lowest BCUT2D eigenvalue weighted by molar-refractivity contribution is -0.116. The van der Waals surface area contributed by atoms with Gasteiger partial charge in [-0.25, -0.2) is 0 Å². The number of allylic oxidation sites excluding steroid dienone is 4. The monoisotopic (exact) mass is 134 g/mol. The van der Waals surface area contributed by atoms with Crippen molar-refractivity contribution in [3.63, 3.8) is 0 Å². The smallest absolute Gasteiger partial charge is 0.182 e. The highest BCUT2D eigenvalue weighted by molar-refractivity contribution is 6.21. The number of hydrogen-bond acceptors (Lipinski definition) is 2. The third-order valence-electron chi connectivity index (χ3n) is 1.97. The van der Waals surface area contributed by atoms with E-state index < -0.39 is 0 Å². The Bertz CT molecular complexity index is 254. The molecule has 0 N–H and O–H groups in total. The minimum absolute atomic E-state index is 0.0286. The number of carbonyl (C=O) groups is 2. The Balaban J connectivity index is 2.48. The van der Waals surface area contributed by atoms with Crippen LogP contribution in [0.3, 0.4) is 0 Å². The molecule has 10 heavy (non-hydrogen) atoms. The van der Waals surface area contributed by atoms with Crippen LogP contribution in [-0.2, 0) is 9.59 Å². The van der Waals surface area contributed by atoms with Gasteiger partial charge >= 0.3 is 0 Å². The molecule has 2 aliphatic carbocycles. The molecule has 0 saturated heterocycles. The van der Waals surface area contributed by atoms with Crippen LogP contribution in [0.15, 0.2) is 23.3 Å². The van der Waals surface area contributed by atoms with Gasteiger partial charge in [-0.3, -0.25) is 9.59 Å². The van der Waals surface area contributed by atoms with Gasteiger partial charge in [-0.1, -0.05) is 0 Å². The topological polar surface area (TPSA) is 34.1 Å². The highest BCUT2D eigenvalue weighted by Gasteiger charge is 2.28. The zero-order chi connectivity index (χ0) is 7.14. The maximum absolute atomic E-state index is 10.9. The molecular weight excluding hydrogens is 128 g/mol. The fourth-order valence-electron chi connectivity index (χ4n) is 1.27. The Labute approximate surface area is 58.2 Å². The molecule has 0 aliphatic heterocycles. The SMILES string of the molecule is O=C1C=CC(=O)C2=C1CC2. The Morgan fingerprint density at radius 1 is 0.900 bits per heavy atom. The first kappa shape index (κ1) is 5.59. The summed E-state index contributed by atoms with van der Waals surface area (Å²) in [5, 5.41) is 0. The van der Waals surface area contributed by atoms with E-state index >= 15 is 0 Å². The van der Waals surface area contributed by atoms with Crippen molar-refractivity contribution >= 4 is 11.6 Å². The Hall–Kier alpha value is -1.18. The fourth-order valence-corrected chi connectivity index (χ4v) is 1.27. The second-order valence-electron chi connectivity index (χ2n) is 2.52. The minimum atomic E-state index is 0.0286. The van der Waals surface area contributed by atoms with Gasteiger partial charge in [0.25, 0.3) is 0 Å². The molecule has 0 radical (unpaired) electrons. The van der Waals surface area contributed by atoms with E-state index in [-0.39, 0.29) is 11.6 Å². The number of rotatable bonds is 0. The lowest BCUT2D eigenvalue weighted by atomic mass is 9.80. The average molecular weight is 134 g/mol. The molecule has 0 aromatic carbocycles. The molecule has 0 heterocycles. The van der Waals surface area contributed by atoms with Crippen LogP contribution in [0.2, 0.25) is 0 Å². The summed E-state index contributed by atoms with van der Waals surface area (Å²) in [6.45, 7) is 0. The van der Waals surface area contributed by atoms with Crippen molar-refractivity contribution in [1.29, 1.82) is 0 Å². The largest absolute Gasteiger partial charge is 0.290 e. The van der Waals surface area contributed by atoms with Gasteiger partial charge in [0.2, 0.25) is 0 Å². The predicted molar refractivity (Wildman–Crippen MR) is 35.4 cm³/mol. The van der Waals surface area contributed by atoms with Gasteiger partial charge in [-0.2, -0.15) is 0 Å². The van der Waals surface area contributed by atoms with Crippen molar-refractivity contribution < 1.29 is 9.59 Å². The molecule has 2 nitrogen and oxygen atoms in total. The number of carbonyl (C=O) groups excluding carboxylic acids is 2. The van der Waals surface area contributed by atoms with Crippen LogP contribution >= 0.6 is 0 Å². The van der Waals surface area contributed by atoms with Gasteiger partial charge in [0, 0.05) is 11.1 Å². The van der Waals surface area contributed by atoms with Gasteiger partial charge < -0.3 is 0 Å². The first-order valence-corrected chi connectivity index (χ1v) is 3.28. The summed E-state index contributed by atoms with van der Waals surface area (Å²) in [6.07, 6.45) is 4.31. The number of ketones is 2. The van der Waals surface area contributed by atoms with E-state index in [9.17, 15) is 9.59 Å². The highest BCUT2D eigenvalue weighted by Crippen LogP contribution is 2.31. The van der Waals surface area contributed by atoms with E-state index in [1.165, 1.54) is 12.2 Å². The van der Waals surface area contributed by atoms with Crippen LogP contribution in [0.1, 0.15) is 12.8 Å². The van der Waals surface area contributed by atoms with E-state index in [1.54, 1.807) is 0 Å². The van der Waals surface area contributed by atoms with Gasteiger partial charge in [0.15, 0.2) is 11.6 Å². The molecule has 0 aromatic heterocycles. The molecule has 2 heteroatoms. The number of hydrogen-bond donors (Lipinski definition) is 0. The van der Waals surface area contributed by atoms with Gasteiger partial charge in [-0.05, 0) is 25.0 Å². The van der Waals surface area contributed by atoms with Crippen LogP contribution in [0.5, 0.6) is 0 Å². The normalized spacial score (nSPS) is 22.8. The Kier molecular flexibility index (Phi) is 0.926. The summed E-state index contributed by atoms with van der Waals surface area (Å²) < 4.78 is 0. The van der Waals surface area contributed by atoms with E-state index in [1.807, 2.05) is 0 Å². The van der Waals surface area contributed by atoms with Crippen LogP contribution < -0.4 is 0 Å². The third kappa shape index (κ3) is 0.533. The van der Waals surface area contributed by atoms with Gasteiger partial charge in [-0.15, -0.1) is 0 Å². The summed E-state index contributed by atoms with van der Waals surface area (Å²) >= 11 is 0. The first-order chi connectivity index (χ1) is 4.79. The van der Waals surface area contributed by atoms with Crippen molar-refractivity contribution in [3.8, 4) is 0 Å². The molecule has 0 atom stereocenters. The third-order valence-corrected chi connectivity index (χ3v) is 1.97. The lowest BCUT2D eigenvalue weighted by Gasteiger charge is -2.21. The zero-order valence-corrected chi connectivity index (χ0v) is 5.39. The summed E-state index contributed by atoms with van der Waals surface area (Å²) in [5.41, 5.74) is 1.49. The molecule has 2 rings (SSSR count). The van der Waals surface area contributed by atoms with Crippen molar-refractivity contribution in [3.05, 3.63) is 23.3 Å². The Morgan fingerprint density at radius 3 is 1.60 bits per heavy atom. The molecular formula is C8H6O2. The van der Waals surface area contributed by atoms with Gasteiger partial charge in [0.1, 0.15) is 0 Å². The van der Waals surface area contributed by atoms with Crippen molar-refractivity contribution in [1.82, 2.24) is 0 Å². The van der Waals surface area contributed by atoms with Crippen molar-refractivity contribution in [2.45, 2.75) is 12.8 Å². The van der Waals surface area contributed by atoms with E-state index in [0.717, 1.165) is 24.0 Å². The lowest BCUT2D eigenvalue weighted by Crippen LogP contribution is -2.21. The van der Waals surface area contributed by atoms with E-state index in [2.05, 4.69) is 0 Å². The summed E-state index contributed by atoms with van der Waals surface area (Å²) in [6, 6.07) is 0. The summed E-state index contributed by atoms with van der Waals surface area (Å²) in [4.78, 5) is 21.8. The molecule has 0 saturated carbocycles. The summed E-state index contributed by atoms with van der Waals surface area (Å²) in [7, 11) is 0. The molecule has 0 amide bonds. The maximum Gasteiger partial charge on any atom is 0.182 e. The van der Waals surface area contributed by atoms with E-state index in [4.69, 9.17) is 0 Å². The van der Waals surface area contributed by atoms with Crippen LogP contribution in [0.25, 0.3) is 0 Å². The van der Waals surface area contributed by atoms with Crippen molar-refractivity contribution in [2.75, 3.05) is 0 Å². The molecule has 0 fully saturated rings. The quantitative estimate of drug-likeness (QED) is 0.459.